The van der Waals surface area contributed by atoms with Crippen molar-refractivity contribution in [3.63, 3.8) is 0 Å². The van der Waals surface area contributed by atoms with Crippen LogP contribution >= 0.6 is 22.6 Å². The van der Waals surface area contributed by atoms with Crippen molar-refractivity contribution in [3.8, 4) is 5.88 Å². The van der Waals surface area contributed by atoms with E-state index in [1.54, 1.807) is 25.6 Å². The number of aromatic nitrogens is 3. The third-order valence-electron chi connectivity index (χ3n) is 2.19. The number of aromatic amines is 1. The standard InChI is InChI=1S/C11H10IN3O2/c1-17-10-3-2-7(5-14-10)4-9-13-6-8(12)11(16)15-9/h2-3,5-6H,4H2,1H3,(H,13,15,16). The first-order valence-electron chi connectivity index (χ1n) is 4.91. The molecule has 0 atom stereocenters. The fourth-order valence-electron chi connectivity index (χ4n) is 1.34. The van der Waals surface area contributed by atoms with Gasteiger partial charge in [-0.05, 0) is 28.2 Å². The molecule has 0 bridgehead atoms. The molecule has 0 aromatic carbocycles. The van der Waals surface area contributed by atoms with Crippen LogP contribution in [0.15, 0.2) is 29.3 Å². The number of hydrogen-bond donors (Lipinski definition) is 1. The molecule has 17 heavy (non-hydrogen) atoms. The van der Waals surface area contributed by atoms with Crippen molar-refractivity contribution < 1.29 is 4.74 Å². The molecule has 0 saturated heterocycles. The number of pyridine rings is 1. The number of nitrogens with zero attached hydrogens (tertiary/aromatic N) is 2. The van der Waals surface area contributed by atoms with Crippen LogP contribution in [-0.4, -0.2) is 22.1 Å². The van der Waals surface area contributed by atoms with Gasteiger partial charge in [0.15, 0.2) is 0 Å². The molecule has 0 unspecified atom stereocenters. The fourth-order valence-corrected chi connectivity index (χ4v) is 1.61. The molecular weight excluding hydrogens is 333 g/mol. The Kier molecular flexibility index (Phi) is 3.72. The van der Waals surface area contributed by atoms with Crippen LogP contribution in [0.3, 0.4) is 0 Å². The monoisotopic (exact) mass is 343 g/mol. The highest BCUT2D eigenvalue weighted by Crippen LogP contribution is 2.09. The van der Waals surface area contributed by atoms with Crippen molar-refractivity contribution in [1.82, 2.24) is 15.0 Å². The predicted octanol–water partition coefficient (Wildman–Crippen LogP) is 1.37. The van der Waals surface area contributed by atoms with Crippen LogP contribution in [0, 0.1) is 3.57 Å². The highest BCUT2D eigenvalue weighted by atomic mass is 127. The molecule has 0 aliphatic carbocycles. The first kappa shape index (κ1) is 12.0. The third kappa shape index (κ3) is 3.02. The smallest absolute Gasteiger partial charge is 0.264 e. The average Bonchev–Trinajstić information content (AvgIpc) is 2.35. The Morgan fingerprint density at radius 2 is 2.18 bits per heavy atom. The van der Waals surface area contributed by atoms with E-state index in [2.05, 4.69) is 15.0 Å². The van der Waals surface area contributed by atoms with Crippen molar-refractivity contribution >= 4 is 22.6 Å². The van der Waals surface area contributed by atoms with E-state index in [1.165, 1.54) is 0 Å². The number of ether oxygens (including phenoxy) is 1. The number of halogens is 1. The molecule has 0 radical (unpaired) electrons. The van der Waals surface area contributed by atoms with Crippen molar-refractivity contribution in [1.29, 1.82) is 0 Å². The van der Waals surface area contributed by atoms with Crippen molar-refractivity contribution in [3.05, 3.63) is 49.8 Å². The highest BCUT2D eigenvalue weighted by Gasteiger charge is 2.02. The molecule has 2 aromatic rings. The number of rotatable bonds is 3. The number of methoxy groups -OCH3 is 1. The maximum Gasteiger partial charge on any atom is 0.264 e. The van der Waals surface area contributed by atoms with Gasteiger partial charge in [0.05, 0.1) is 10.7 Å². The number of nitrogens with one attached hydrogen (secondary N) is 1. The van der Waals surface area contributed by atoms with Crippen molar-refractivity contribution in [2.24, 2.45) is 0 Å². The topological polar surface area (TPSA) is 67.9 Å². The van der Waals surface area contributed by atoms with Gasteiger partial charge in [-0.3, -0.25) is 4.79 Å². The van der Waals surface area contributed by atoms with Gasteiger partial charge in [-0.25, -0.2) is 9.97 Å². The zero-order valence-corrected chi connectivity index (χ0v) is 11.3. The van der Waals surface area contributed by atoms with Gasteiger partial charge in [-0.2, -0.15) is 0 Å². The van der Waals surface area contributed by atoms with Crippen LogP contribution in [0.2, 0.25) is 0 Å². The summed E-state index contributed by atoms with van der Waals surface area (Å²) in [6, 6.07) is 3.67. The normalized spacial score (nSPS) is 10.2. The average molecular weight is 343 g/mol. The molecule has 1 N–H and O–H groups in total. The Balaban J connectivity index is 2.19. The van der Waals surface area contributed by atoms with Gasteiger partial charge in [0.1, 0.15) is 5.82 Å². The van der Waals surface area contributed by atoms with Crippen LogP contribution < -0.4 is 10.3 Å². The molecule has 0 spiro atoms. The van der Waals surface area contributed by atoms with Gasteiger partial charge < -0.3 is 9.72 Å². The second-order valence-electron chi connectivity index (χ2n) is 3.39. The lowest BCUT2D eigenvalue weighted by atomic mass is 10.2. The predicted molar refractivity (Wildman–Crippen MR) is 71.2 cm³/mol. The zero-order valence-electron chi connectivity index (χ0n) is 9.11. The Labute approximate surface area is 111 Å². The SMILES string of the molecule is COc1ccc(Cc2ncc(I)c(=O)[nH]2)cn1. The van der Waals surface area contributed by atoms with Crippen molar-refractivity contribution in [2.45, 2.75) is 6.42 Å². The molecule has 0 amide bonds. The lowest BCUT2D eigenvalue weighted by Crippen LogP contribution is -2.13. The van der Waals surface area contributed by atoms with E-state index < -0.39 is 0 Å². The maximum atomic E-state index is 11.4. The summed E-state index contributed by atoms with van der Waals surface area (Å²) in [5.74, 6) is 1.19. The highest BCUT2D eigenvalue weighted by molar-refractivity contribution is 14.1. The molecule has 0 saturated carbocycles. The molecule has 0 fully saturated rings. The van der Waals surface area contributed by atoms with Crippen LogP contribution in [0.5, 0.6) is 5.88 Å². The van der Waals surface area contributed by atoms with E-state index >= 15 is 0 Å². The summed E-state index contributed by atoms with van der Waals surface area (Å²) in [7, 11) is 1.57. The summed E-state index contributed by atoms with van der Waals surface area (Å²) < 4.78 is 5.55. The first-order valence-corrected chi connectivity index (χ1v) is 5.99. The second-order valence-corrected chi connectivity index (χ2v) is 4.55. The van der Waals surface area contributed by atoms with E-state index in [1.807, 2.05) is 28.7 Å². The minimum absolute atomic E-state index is 0.114. The lowest BCUT2D eigenvalue weighted by molar-refractivity contribution is 0.397. The van der Waals surface area contributed by atoms with Crippen LogP contribution in [0.1, 0.15) is 11.4 Å². The summed E-state index contributed by atoms with van der Waals surface area (Å²) in [6.07, 6.45) is 3.81. The Hall–Kier alpha value is -1.44. The Morgan fingerprint density at radius 1 is 1.35 bits per heavy atom. The maximum absolute atomic E-state index is 11.4. The van der Waals surface area contributed by atoms with E-state index in [4.69, 9.17) is 4.74 Å². The quantitative estimate of drug-likeness (QED) is 0.855. The minimum atomic E-state index is -0.114. The van der Waals surface area contributed by atoms with Crippen LogP contribution in [-0.2, 0) is 6.42 Å². The van der Waals surface area contributed by atoms with Crippen molar-refractivity contribution in [2.75, 3.05) is 7.11 Å². The summed E-state index contributed by atoms with van der Waals surface area (Å²) in [5, 5.41) is 0. The van der Waals surface area contributed by atoms with Gasteiger partial charge in [-0.1, -0.05) is 6.07 Å². The molecule has 2 rings (SSSR count). The molecule has 0 aliphatic heterocycles. The molecule has 5 nitrogen and oxygen atoms in total. The summed E-state index contributed by atoms with van der Waals surface area (Å²) in [6.45, 7) is 0. The van der Waals surface area contributed by atoms with E-state index in [9.17, 15) is 4.79 Å². The molecule has 2 aromatic heterocycles. The first-order chi connectivity index (χ1) is 8.19. The second kappa shape index (κ2) is 5.26. The Bertz CT molecular complexity index is 566. The van der Waals surface area contributed by atoms with Crippen LogP contribution in [0.4, 0.5) is 0 Å². The molecular formula is C11H10IN3O2. The fraction of sp³-hybridized carbons (Fsp3) is 0.182. The van der Waals surface area contributed by atoms with Gasteiger partial charge in [0.2, 0.25) is 5.88 Å². The van der Waals surface area contributed by atoms with Gasteiger partial charge in [0, 0.05) is 24.9 Å². The van der Waals surface area contributed by atoms with Gasteiger partial charge in [-0.15, -0.1) is 0 Å². The van der Waals surface area contributed by atoms with E-state index in [-0.39, 0.29) is 5.56 Å². The van der Waals surface area contributed by atoms with Gasteiger partial charge in [0.25, 0.3) is 5.56 Å². The zero-order chi connectivity index (χ0) is 12.3. The minimum Gasteiger partial charge on any atom is -0.481 e. The Morgan fingerprint density at radius 3 is 2.76 bits per heavy atom. The summed E-state index contributed by atoms with van der Waals surface area (Å²) >= 11 is 1.95. The lowest BCUT2D eigenvalue weighted by Gasteiger charge is -2.02. The molecule has 2 heterocycles. The molecule has 6 heteroatoms. The molecule has 0 aliphatic rings. The largest absolute Gasteiger partial charge is 0.481 e. The summed E-state index contributed by atoms with van der Waals surface area (Å²) in [5.41, 5.74) is 0.854. The number of H-pyrrole nitrogens is 1. The molecule has 88 valence electrons. The van der Waals surface area contributed by atoms with E-state index in [0.29, 0.717) is 21.7 Å². The van der Waals surface area contributed by atoms with Crippen LogP contribution in [0.25, 0.3) is 0 Å². The third-order valence-corrected chi connectivity index (χ3v) is 2.96. The van der Waals surface area contributed by atoms with E-state index in [0.717, 1.165) is 5.56 Å². The summed E-state index contributed by atoms with van der Waals surface area (Å²) in [4.78, 5) is 22.4. The number of hydrogen-bond acceptors (Lipinski definition) is 4. The van der Waals surface area contributed by atoms with Gasteiger partial charge >= 0.3 is 0 Å².